The first kappa shape index (κ1) is 10.7. The Labute approximate surface area is 84.3 Å². The van der Waals surface area contributed by atoms with Crippen LogP contribution in [0.5, 0.6) is 0 Å². The number of methoxy groups -OCH3 is 1. The predicted octanol–water partition coefficient (Wildman–Crippen LogP) is 1.62. The molecule has 1 rings (SSSR count). The van der Waals surface area contributed by atoms with E-state index in [9.17, 15) is 0 Å². The highest BCUT2D eigenvalue weighted by Gasteiger charge is 2.06. The highest BCUT2D eigenvalue weighted by molar-refractivity contribution is 5.27. The van der Waals surface area contributed by atoms with Crippen molar-refractivity contribution in [3.8, 4) is 6.07 Å². The van der Waals surface area contributed by atoms with Gasteiger partial charge in [0, 0.05) is 7.11 Å². The highest BCUT2D eigenvalue weighted by Crippen LogP contribution is 2.12. The van der Waals surface area contributed by atoms with E-state index in [0.717, 1.165) is 11.1 Å². The summed E-state index contributed by atoms with van der Waals surface area (Å²) < 4.78 is 5.00. The molecule has 1 atom stereocenters. The fraction of sp³-hybridized carbons (Fsp3) is 0.364. The van der Waals surface area contributed by atoms with E-state index in [-0.39, 0.29) is 6.04 Å². The lowest BCUT2D eigenvalue weighted by Gasteiger charge is -2.08. The maximum Gasteiger partial charge on any atom is 0.121 e. The van der Waals surface area contributed by atoms with Gasteiger partial charge in [-0.25, -0.2) is 0 Å². The molecular weight excluding hydrogens is 176 g/mol. The molecule has 1 aromatic carbocycles. The first-order valence-electron chi connectivity index (χ1n) is 4.46. The van der Waals surface area contributed by atoms with Crippen LogP contribution in [0.1, 0.15) is 17.2 Å². The van der Waals surface area contributed by atoms with Crippen molar-refractivity contribution in [1.82, 2.24) is 5.32 Å². The molecule has 0 aliphatic heterocycles. The van der Waals surface area contributed by atoms with Crippen LogP contribution in [0, 0.1) is 11.3 Å². The van der Waals surface area contributed by atoms with Gasteiger partial charge >= 0.3 is 0 Å². The molecule has 0 amide bonds. The zero-order chi connectivity index (χ0) is 10.4. The normalized spacial score (nSPS) is 12.1. The van der Waals surface area contributed by atoms with Crippen molar-refractivity contribution in [2.24, 2.45) is 0 Å². The lowest BCUT2D eigenvalue weighted by molar-refractivity contribution is 0.185. The van der Waals surface area contributed by atoms with Gasteiger partial charge in [0.2, 0.25) is 0 Å². The molecule has 3 nitrogen and oxygen atoms in total. The number of ether oxygens (including phenoxy) is 1. The van der Waals surface area contributed by atoms with Gasteiger partial charge in [0.25, 0.3) is 0 Å². The van der Waals surface area contributed by atoms with Crippen LogP contribution in [-0.2, 0) is 11.3 Å². The Kier molecular flexibility index (Phi) is 4.11. The van der Waals surface area contributed by atoms with Gasteiger partial charge in [0.15, 0.2) is 0 Å². The number of rotatable bonds is 4. The van der Waals surface area contributed by atoms with E-state index >= 15 is 0 Å². The molecule has 0 aliphatic carbocycles. The minimum atomic E-state index is -0.230. The summed E-state index contributed by atoms with van der Waals surface area (Å²) in [5.74, 6) is 0. The lowest BCUT2D eigenvalue weighted by atomic mass is 10.1. The second-order valence-electron chi connectivity index (χ2n) is 3.03. The monoisotopic (exact) mass is 190 g/mol. The Balaban J connectivity index is 2.77. The maximum atomic E-state index is 8.81. The molecule has 0 aromatic heterocycles. The molecule has 0 heterocycles. The number of benzene rings is 1. The van der Waals surface area contributed by atoms with Gasteiger partial charge in [-0.05, 0) is 18.2 Å². The Morgan fingerprint density at radius 1 is 1.43 bits per heavy atom. The van der Waals surface area contributed by atoms with Crippen LogP contribution >= 0.6 is 0 Å². The molecule has 1 unspecified atom stereocenters. The van der Waals surface area contributed by atoms with Gasteiger partial charge < -0.3 is 10.1 Å². The number of nitriles is 1. The second kappa shape index (κ2) is 5.38. The minimum Gasteiger partial charge on any atom is -0.380 e. The van der Waals surface area contributed by atoms with E-state index in [1.54, 1.807) is 14.2 Å². The summed E-state index contributed by atoms with van der Waals surface area (Å²) in [7, 11) is 3.44. The van der Waals surface area contributed by atoms with E-state index < -0.39 is 0 Å². The summed E-state index contributed by atoms with van der Waals surface area (Å²) >= 11 is 0. The maximum absolute atomic E-state index is 8.81. The van der Waals surface area contributed by atoms with Crippen molar-refractivity contribution in [2.75, 3.05) is 14.2 Å². The largest absolute Gasteiger partial charge is 0.380 e. The third-order valence-corrected chi connectivity index (χ3v) is 2.04. The van der Waals surface area contributed by atoms with Crippen LogP contribution in [0.15, 0.2) is 24.3 Å². The van der Waals surface area contributed by atoms with Crippen molar-refractivity contribution in [3.63, 3.8) is 0 Å². The summed E-state index contributed by atoms with van der Waals surface area (Å²) in [5, 5.41) is 11.7. The summed E-state index contributed by atoms with van der Waals surface area (Å²) in [4.78, 5) is 0. The van der Waals surface area contributed by atoms with Gasteiger partial charge in [-0.3, -0.25) is 0 Å². The second-order valence-corrected chi connectivity index (χ2v) is 3.03. The van der Waals surface area contributed by atoms with E-state index in [4.69, 9.17) is 10.00 Å². The van der Waals surface area contributed by atoms with Gasteiger partial charge in [0.1, 0.15) is 6.04 Å². The standard InChI is InChI=1S/C11H14N2O/c1-13-11(7-12)10-5-3-9(4-6-10)8-14-2/h3-6,11,13H,8H2,1-2H3. The molecule has 0 fully saturated rings. The van der Waals surface area contributed by atoms with Crippen LogP contribution in [0.3, 0.4) is 0 Å². The van der Waals surface area contributed by atoms with Gasteiger partial charge in [-0.2, -0.15) is 5.26 Å². The van der Waals surface area contributed by atoms with Gasteiger partial charge in [-0.1, -0.05) is 24.3 Å². The zero-order valence-corrected chi connectivity index (χ0v) is 8.45. The smallest absolute Gasteiger partial charge is 0.121 e. The number of hydrogen-bond donors (Lipinski definition) is 1. The number of nitrogens with zero attached hydrogens (tertiary/aromatic N) is 1. The average Bonchev–Trinajstić information content (AvgIpc) is 2.23. The quantitative estimate of drug-likeness (QED) is 0.784. The Morgan fingerprint density at radius 3 is 2.50 bits per heavy atom. The molecular formula is C11H14N2O. The third-order valence-electron chi connectivity index (χ3n) is 2.04. The Hall–Kier alpha value is -1.37. The molecule has 74 valence electrons. The fourth-order valence-corrected chi connectivity index (χ4v) is 1.28. The van der Waals surface area contributed by atoms with E-state index in [2.05, 4.69) is 11.4 Å². The molecule has 1 N–H and O–H groups in total. The summed E-state index contributed by atoms with van der Waals surface area (Å²) in [6, 6.07) is 9.78. The zero-order valence-electron chi connectivity index (χ0n) is 8.45. The summed E-state index contributed by atoms with van der Waals surface area (Å²) in [6.45, 7) is 0.608. The molecule has 0 spiro atoms. The molecule has 0 aliphatic rings. The Morgan fingerprint density at radius 2 is 2.07 bits per heavy atom. The topological polar surface area (TPSA) is 45.0 Å². The van der Waals surface area contributed by atoms with Crippen LogP contribution in [0.4, 0.5) is 0 Å². The van der Waals surface area contributed by atoms with Crippen molar-refractivity contribution in [3.05, 3.63) is 35.4 Å². The number of hydrogen-bond acceptors (Lipinski definition) is 3. The Bertz CT molecular complexity index is 313. The minimum absolute atomic E-state index is 0.230. The molecule has 0 saturated carbocycles. The lowest BCUT2D eigenvalue weighted by Crippen LogP contribution is -2.13. The van der Waals surface area contributed by atoms with Crippen molar-refractivity contribution in [2.45, 2.75) is 12.6 Å². The van der Waals surface area contributed by atoms with Crippen molar-refractivity contribution in [1.29, 1.82) is 5.26 Å². The molecule has 1 aromatic rings. The van der Waals surface area contributed by atoms with Crippen molar-refractivity contribution < 1.29 is 4.74 Å². The molecule has 3 heteroatoms. The molecule has 0 saturated heterocycles. The van der Waals surface area contributed by atoms with Crippen molar-refractivity contribution >= 4 is 0 Å². The summed E-state index contributed by atoms with van der Waals surface area (Å²) in [6.07, 6.45) is 0. The molecule has 14 heavy (non-hydrogen) atoms. The first-order chi connectivity index (χ1) is 6.81. The number of nitrogens with one attached hydrogen (secondary N) is 1. The average molecular weight is 190 g/mol. The van der Waals surface area contributed by atoms with Crippen LogP contribution in [0.2, 0.25) is 0 Å². The summed E-state index contributed by atoms with van der Waals surface area (Å²) in [5.41, 5.74) is 2.10. The SMILES string of the molecule is CNC(C#N)c1ccc(COC)cc1. The van der Waals surface area contributed by atoms with Gasteiger partial charge in [-0.15, -0.1) is 0 Å². The first-order valence-corrected chi connectivity index (χ1v) is 4.46. The van der Waals surface area contributed by atoms with E-state index in [1.165, 1.54) is 0 Å². The molecule has 0 radical (unpaired) electrons. The molecule has 0 bridgehead atoms. The van der Waals surface area contributed by atoms with E-state index in [1.807, 2.05) is 24.3 Å². The fourth-order valence-electron chi connectivity index (χ4n) is 1.28. The highest BCUT2D eigenvalue weighted by atomic mass is 16.5. The predicted molar refractivity (Wildman–Crippen MR) is 54.6 cm³/mol. The van der Waals surface area contributed by atoms with Crippen LogP contribution in [-0.4, -0.2) is 14.2 Å². The van der Waals surface area contributed by atoms with Crippen LogP contribution < -0.4 is 5.32 Å². The third kappa shape index (κ3) is 2.56. The van der Waals surface area contributed by atoms with Crippen LogP contribution in [0.25, 0.3) is 0 Å². The van der Waals surface area contributed by atoms with Gasteiger partial charge in [0.05, 0.1) is 12.7 Å². The van der Waals surface area contributed by atoms with E-state index in [0.29, 0.717) is 6.61 Å².